The number of aryl methyl sites for hydroxylation is 1. The lowest BCUT2D eigenvalue weighted by Gasteiger charge is -2.14. The molecule has 0 radical (unpaired) electrons. The molecule has 1 atom stereocenters. The molecule has 1 heterocycles. The van der Waals surface area contributed by atoms with E-state index in [4.69, 9.17) is 20.6 Å². The van der Waals surface area contributed by atoms with Crippen LogP contribution in [0.5, 0.6) is 5.75 Å². The molecule has 0 spiro atoms. The van der Waals surface area contributed by atoms with Crippen LogP contribution in [0.2, 0.25) is 0 Å². The molecule has 0 amide bonds. The lowest BCUT2D eigenvalue weighted by molar-refractivity contribution is 0.167. The zero-order valence-electron chi connectivity index (χ0n) is 10.0. The number of nitrogens with one attached hydrogen (secondary N) is 1. The number of amidine groups is 1. The first-order chi connectivity index (χ1) is 8.16. The Hall–Kier alpha value is -1.55. The van der Waals surface area contributed by atoms with Gasteiger partial charge in [-0.15, -0.1) is 0 Å². The minimum Gasteiger partial charge on any atom is -0.492 e. The van der Waals surface area contributed by atoms with E-state index in [9.17, 15) is 0 Å². The summed E-state index contributed by atoms with van der Waals surface area (Å²) < 4.78 is 11.1. The second-order valence-corrected chi connectivity index (χ2v) is 4.45. The highest BCUT2D eigenvalue weighted by molar-refractivity contribution is 5.97. The maximum Gasteiger partial charge on any atom is 0.130 e. The molecular formula is C13H18N2O2. The Balaban J connectivity index is 2.07. The van der Waals surface area contributed by atoms with Crippen LogP contribution < -0.4 is 10.5 Å². The van der Waals surface area contributed by atoms with Crippen LogP contribution >= 0.6 is 0 Å². The molecule has 3 N–H and O–H groups in total. The van der Waals surface area contributed by atoms with E-state index in [-0.39, 0.29) is 5.84 Å². The van der Waals surface area contributed by atoms with Gasteiger partial charge in [0.1, 0.15) is 11.6 Å². The molecule has 17 heavy (non-hydrogen) atoms. The zero-order chi connectivity index (χ0) is 12.3. The number of nitrogens with two attached hydrogens (primary N) is 1. The summed E-state index contributed by atoms with van der Waals surface area (Å²) in [6.07, 6.45) is 1.04. The van der Waals surface area contributed by atoms with E-state index < -0.39 is 0 Å². The van der Waals surface area contributed by atoms with Gasteiger partial charge in [0.15, 0.2) is 0 Å². The number of hydrogen-bond donors (Lipinski definition) is 2. The van der Waals surface area contributed by atoms with Crippen molar-refractivity contribution < 1.29 is 9.47 Å². The summed E-state index contributed by atoms with van der Waals surface area (Å²) in [6.45, 7) is 4.21. The average Bonchev–Trinajstić information content (AvgIpc) is 2.78. The topological polar surface area (TPSA) is 68.3 Å². The third kappa shape index (κ3) is 2.97. The smallest absolute Gasteiger partial charge is 0.130 e. The summed E-state index contributed by atoms with van der Waals surface area (Å²) >= 11 is 0. The molecule has 1 aromatic rings. The molecule has 0 saturated carbocycles. The Bertz CT molecular complexity index is 412. The van der Waals surface area contributed by atoms with Gasteiger partial charge >= 0.3 is 0 Å². The van der Waals surface area contributed by atoms with Gasteiger partial charge in [0.2, 0.25) is 0 Å². The van der Waals surface area contributed by atoms with E-state index in [0.717, 1.165) is 25.2 Å². The van der Waals surface area contributed by atoms with Crippen molar-refractivity contribution in [2.45, 2.75) is 13.3 Å². The fraction of sp³-hybridized carbons (Fsp3) is 0.462. The Morgan fingerprint density at radius 2 is 2.41 bits per heavy atom. The van der Waals surface area contributed by atoms with Crippen LogP contribution in [0.1, 0.15) is 17.5 Å². The van der Waals surface area contributed by atoms with Gasteiger partial charge in [-0.25, -0.2) is 0 Å². The predicted octanol–water partition coefficient (Wildman–Crippen LogP) is 1.69. The minimum absolute atomic E-state index is 0.0441. The summed E-state index contributed by atoms with van der Waals surface area (Å²) in [5.74, 6) is 1.20. The number of rotatable bonds is 4. The first-order valence-electron chi connectivity index (χ1n) is 5.82. The summed E-state index contributed by atoms with van der Waals surface area (Å²) in [4.78, 5) is 0. The molecule has 0 bridgehead atoms. The molecule has 92 valence electrons. The summed E-state index contributed by atoms with van der Waals surface area (Å²) in [6, 6.07) is 5.69. The molecule has 1 saturated heterocycles. The van der Waals surface area contributed by atoms with Crippen molar-refractivity contribution in [1.29, 1.82) is 5.41 Å². The lowest BCUT2D eigenvalue weighted by atomic mass is 10.1. The largest absolute Gasteiger partial charge is 0.492 e. The van der Waals surface area contributed by atoms with Crippen LogP contribution in [0.25, 0.3) is 0 Å². The van der Waals surface area contributed by atoms with Gasteiger partial charge in [0.25, 0.3) is 0 Å². The van der Waals surface area contributed by atoms with Crippen LogP contribution in [-0.2, 0) is 4.74 Å². The zero-order valence-corrected chi connectivity index (χ0v) is 10.0. The molecule has 1 unspecified atom stereocenters. The van der Waals surface area contributed by atoms with Crippen molar-refractivity contribution in [1.82, 2.24) is 0 Å². The molecule has 1 aromatic carbocycles. The Morgan fingerprint density at radius 1 is 1.59 bits per heavy atom. The summed E-state index contributed by atoms with van der Waals surface area (Å²) in [5, 5.41) is 7.51. The van der Waals surface area contributed by atoms with Gasteiger partial charge in [-0.3, -0.25) is 5.41 Å². The van der Waals surface area contributed by atoms with Crippen molar-refractivity contribution in [2.75, 3.05) is 19.8 Å². The van der Waals surface area contributed by atoms with Crippen molar-refractivity contribution >= 4 is 5.84 Å². The highest BCUT2D eigenvalue weighted by Crippen LogP contribution is 2.22. The van der Waals surface area contributed by atoms with Crippen LogP contribution in [-0.4, -0.2) is 25.7 Å². The molecule has 1 fully saturated rings. The molecule has 1 aliphatic rings. The molecule has 0 aliphatic carbocycles. The molecule has 0 aromatic heterocycles. The third-order valence-corrected chi connectivity index (χ3v) is 2.93. The highest BCUT2D eigenvalue weighted by atomic mass is 16.5. The monoisotopic (exact) mass is 234 g/mol. The van der Waals surface area contributed by atoms with Gasteiger partial charge in [-0.1, -0.05) is 6.07 Å². The molecule has 4 heteroatoms. The van der Waals surface area contributed by atoms with Crippen molar-refractivity contribution in [3.63, 3.8) is 0 Å². The molecular weight excluding hydrogens is 216 g/mol. The van der Waals surface area contributed by atoms with Crippen LogP contribution in [0, 0.1) is 18.3 Å². The normalized spacial score (nSPS) is 19.2. The van der Waals surface area contributed by atoms with Gasteiger partial charge in [-0.05, 0) is 31.0 Å². The first kappa shape index (κ1) is 11.9. The Kier molecular flexibility index (Phi) is 3.64. The fourth-order valence-corrected chi connectivity index (χ4v) is 1.89. The van der Waals surface area contributed by atoms with E-state index in [0.29, 0.717) is 23.8 Å². The maximum absolute atomic E-state index is 7.51. The Morgan fingerprint density at radius 3 is 3.06 bits per heavy atom. The van der Waals surface area contributed by atoms with E-state index in [1.165, 1.54) is 0 Å². The Labute approximate surface area is 101 Å². The predicted molar refractivity (Wildman–Crippen MR) is 66.6 cm³/mol. The van der Waals surface area contributed by atoms with E-state index in [2.05, 4.69) is 0 Å². The van der Waals surface area contributed by atoms with Crippen LogP contribution in [0.15, 0.2) is 18.2 Å². The average molecular weight is 234 g/mol. The molecule has 1 aliphatic heterocycles. The quantitative estimate of drug-likeness (QED) is 0.615. The second kappa shape index (κ2) is 5.19. The fourth-order valence-electron chi connectivity index (χ4n) is 1.89. The van der Waals surface area contributed by atoms with Crippen molar-refractivity contribution in [3.05, 3.63) is 29.3 Å². The first-order valence-corrected chi connectivity index (χ1v) is 5.82. The maximum atomic E-state index is 7.51. The van der Waals surface area contributed by atoms with Gasteiger partial charge in [0, 0.05) is 12.5 Å². The van der Waals surface area contributed by atoms with Crippen molar-refractivity contribution in [2.24, 2.45) is 11.7 Å². The third-order valence-electron chi connectivity index (χ3n) is 2.93. The van der Waals surface area contributed by atoms with Gasteiger partial charge < -0.3 is 15.2 Å². The standard InChI is InChI=1S/C13H18N2O2/c1-9-2-3-11(13(14)15)12(6-9)17-8-10-4-5-16-7-10/h2-3,6,10H,4-5,7-8H2,1H3,(H3,14,15). The minimum atomic E-state index is 0.0441. The van der Waals surface area contributed by atoms with E-state index in [1.807, 2.05) is 25.1 Å². The summed E-state index contributed by atoms with van der Waals surface area (Å²) in [7, 11) is 0. The van der Waals surface area contributed by atoms with Gasteiger partial charge in [-0.2, -0.15) is 0 Å². The number of ether oxygens (including phenoxy) is 2. The molecule has 2 rings (SSSR count). The number of benzene rings is 1. The lowest BCUT2D eigenvalue weighted by Crippen LogP contribution is -2.16. The number of hydrogen-bond acceptors (Lipinski definition) is 3. The number of nitrogen functional groups attached to an aromatic ring is 1. The second-order valence-electron chi connectivity index (χ2n) is 4.45. The van der Waals surface area contributed by atoms with Crippen molar-refractivity contribution in [3.8, 4) is 5.75 Å². The van der Waals surface area contributed by atoms with Gasteiger partial charge in [0.05, 0.1) is 18.8 Å². The van der Waals surface area contributed by atoms with Crippen LogP contribution in [0.3, 0.4) is 0 Å². The molecule has 4 nitrogen and oxygen atoms in total. The summed E-state index contributed by atoms with van der Waals surface area (Å²) in [5.41, 5.74) is 7.29. The highest BCUT2D eigenvalue weighted by Gasteiger charge is 2.17. The van der Waals surface area contributed by atoms with E-state index in [1.54, 1.807) is 0 Å². The van der Waals surface area contributed by atoms with E-state index >= 15 is 0 Å². The SMILES string of the molecule is Cc1ccc(C(=N)N)c(OCC2CCOC2)c1. The van der Waals surface area contributed by atoms with Crippen LogP contribution in [0.4, 0.5) is 0 Å².